The largest absolute Gasteiger partial charge is 0.289 e. The minimum absolute atomic E-state index is 0.00685. The molecular formula is C18H13ClO. The number of hydrogen-bond donors (Lipinski definition) is 0. The maximum absolute atomic E-state index is 12.7. The lowest BCUT2D eigenvalue weighted by Gasteiger charge is -2.07. The molecule has 0 radical (unpaired) electrons. The van der Waals surface area contributed by atoms with Gasteiger partial charge in [-0.15, -0.1) is 0 Å². The van der Waals surface area contributed by atoms with Crippen LogP contribution in [0.25, 0.3) is 10.8 Å². The van der Waals surface area contributed by atoms with Crippen molar-refractivity contribution in [1.82, 2.24) is 0 Å². The molecule has 0 saturated heterocycles. The molecule has 98 valence electrons. The Kier molecular flexibility index (Phi) is 3.29. The third kappa shape index (κ3) is 2.33. The highest BCUT2D eigenvalue weighted by molar-refractivity contribution is 6.31. The zero-order valence-corrected chi connectivity index (χ0v) is 11.8. The van der Waals surface area contributed by atoms with Gasteiger partial charge in [-0.25, -0.2) is 0 Å². The molecule has 0 saturated carbocycles. The molecule has 2 heteroatoms. The van der Waals surface area contributed by atoms with Crippen LogP contribution >= 0.6 is 11.6 Å². The van der Waals surface area contributed by atoms with Crippen LogP contribution in [0.3, 0.4) is 0 Å². The molecule has 0 spiro atoms. The topological polar surface area (TPSA) is 17.1 Å². The number of fused-ring (bicyclic) bond motifs is 1. The Morgan fingerprint density at radius 3 is 2.50 bits per heavy atom. The van der Waals surface area contributed by atoms with Crippen molar-refractivity contribution >= 4 is 28.2 Å². The van der Waals surface area contributed by atoms with Crippen molar-refractivity contribution in [2.75, 3.05) is 0 Å². The van der Waals surface area contributed by atoms with E-state index in [-0.39, 0.29) is 5.78 Å². The van der Waals surface area contributed by atoms with Crippen LogP contribution < -0.4 is 0 Å². The number of rotatable bonds is 2. The van der Waals surface area contributed by atoms with Gasteiger partial charge in [0, 0.05) is 16.1 Å². The molecule has 0 fully saturated rings. The minimum atomic E-state index is 0.00685. The van der Waals surface area contributed by atoms with E-state index in [0.717, 1.165) is 16.3 Å². The molecule has 0 N–H and O–H groups in total. The number of carbonyl (C=O) groups is 1. The number of hydrogen-bond acceptors (Lipinski definition) is 1. The van der Waals surface area contributed by atoms with Gasteiger partial charge in [0.2, 0.25) is 0 Å². The summed E-state index contributed by atoms with van der Waals surface area (Å²) in [6, 6.07) is 19.1. The third-order valence-corrected chi connectivity index (χ3v) is 3.56. The maximum Gasteiger partial charge on any atom is 0.193 e. The van der Waals surface area contributed by atoms with Crippen molar-refractivity contribution in [3.05, 3.63) is 82.4 Å². The average Bonchev–Trinajstić information content (AvgIpc) is 2.45. The van der Waals surface area contributed by atoms with Crippen molar-refractivity contribution in [2.45, 2.75) is 6.92 Å². The Bertz CT molecular complexity index is 780. The van der Waals surface area contributed by atoms with Gasteiger partial charge in [-0.1, -0.05) is 54.1 Å². The first-order valence-electron chi connectivity index (χ1n) is 6.45. The van der Waals surface area contributed by atoms with E-state index in [1.807, 2.05) is 61.5 Å². The monoisotopic (exact) mass is 280 g/mol. The van der Waals surface area contributed by atoms with Crippen molar-refractivity contribution < 1.29 is 4.79 Å². The van der Waals surface area contributed by atoms with Gasteiger partial charge in [0.1, 0.15) is 0 Å². The molecule has 0 atom stereocenters. The number of halogens is 1. The first-order valence-corrected chi connectivity index (χ1v) is 6.82. The third-order valence-electron chi connectivity index (χ3n) is 3.34. The highest BCUT2D eigenvalue weighted by Gasteiger charge is 2.13. The van der Waals surface area contributed by atoms with Crippen molar-refractivity contribution in [3.63, 3.8) is 0 Å². The van der Waals surface area contributed by atoms with Crippen molar-refractivity contribution in [3.8, 4) is 0 Å². The fourth-order valence-electron chi connectivity index (χ4n) is 2.45. The fourth-order valence-corrected chi connectivity index (χ4v) is 2.74. The molecule has 0 aliphatic heterocycles. The Morgan fingerprint density at radius 2 is 1.70 bits per heavy atom. The van der Waals surface area contributed by atoms with Crippen LogP contribution in [-0.4, -0.2) is 5.78 Å². The molecule has 0 aliphatic rings. The van der Waals surface area contributed by atoms with E-state index < -0.39 is 0 Å². The summed E-state index contributed by atoms with van der Waals surface area (Å²) in [5.74, 6) is 0.00685. The van der Waals surface area contributed by atoms with Gasteiger partial charge in [-0.05, 0) is 41.5 Å². The van der Waals surface area contributed by atoms with Crippen LogP contribution in [0.2, 0.25) is 5.02 Å². The summed E-state index contributed by atoms with van der Waals surface area (Å²) in [6.45, 7) is 1.94. The number of carbonyl (C=O) groups excluding carboxylic acids is 1. The summed E-state index contributed by atoms with van der Waals surface area (Å²) in [4.78, 5) is 12.7. The quantitative estimate of drug-likeness (QED) is 0.602. The van der Waals surface area contributed by atoms with Gasteiger partial charge < -0.3 is 0 Å². The van der Waals surface area contributed by atoms with Gasteiger partial charge in [0.15, 0.2) is 5.78 Å². The Labute approximate surface area is 122 Å². The zero-order chi connectivity index (χ0) is 14.1. The second kappa shape index (κ2) is 5.10. The van der Waals surface area contributed by atoms with E-state index >= 15 is 0 Å². The number of ketones is 1. The summed E-state index contributed by atoms with van der Waals surface area (Å²) in [5, 5.41) is 2.63. The summed E-state index contributed by atoms with van der Waals surface area (Å²) in [5.41, 5.74) is 2.33. The number of aryl methyl sites for hydroxylation is 1. The lowest BCUT2D eigenvalue weighted by molar-refractivity contribution is 0.104. The minimum Gasteiger partial charge on any atom is -0.289 e. The van der Waals surface area contributed by atoms with Crippen molar-refractivity contribution in [2.24, 2.45) is 0 Å². The highest BCUT2D eigenvalue weighted by Crippen LogP contribution is 2.23. The van der Waals surface area contributed by atoms with E-state index in [2.05, 4.69) is 0 Å². The molecule has 0 amide bonds. The van der Waals surface area contributed by atoms with E-state index in [9.17, 15) is 4.79 Å². The van der Waals surface area contributed by atoms with Crippen LogP contribution in [0.15, 0.2) is 60.7 Å². The van der Waals surface area contributed by atoms with E-state index in [4.69, 9.17) is 11.6 Å². The van der Waals surface area contributed by atoms with Crippen LogP contribution in [0, 0.1) is 6.92 Å². The zero-order valence-electron chi connectivity index (χ0n) is 11.1. The summed E-state index contributed by atoms with van der Waals surface area (Å²) in [6.07, 6.45) is 0. The molecule has 0 bridgehead atoms. The molecule has 3 rings (SSSR count). The van der Waals surface area contributed by atoms with Crippen molar-refractivity contribution in [1.29, 1.82) is 0 Å². The Balaban J connectivity index is 2.17. The maximum atomic E-state index is 12.7. The molecule has 20 heavy (non-hydrogen) atoms. The van der Waals surface area contributed by atoms with Crippen LogP contribution in [-0.2, 0) is 0 Å². The Hall–Kier alpha value is -2.12. The summed E-state index contributed by atoms with van der Waals surface area (Å²) in [7, 11) is 0. The van der Waals surface area contributed by atoms with Gasteiger partial charge in [0.05, 0.1) is 0 Å². The van der Waals surface area contributed by atoms with Gasteiger partial charge in [-0.3, -0.25) is 4.79 Å². The number of benzene rings is 3. The first kappa shape index (κ1) is 12.9. The lowest BCUT2D eigenvalue weighted by atomic mass is 9.96. The normalized spacial score (nSPS) is 10.7. The second-order valence-electron chi connectivity index (χ2n) is 4.87. The molecule has 3 aromatic carbocycles. The standard InChI is InChI=1S/C18H13ClO/c1-12-9-14(11-15(19)10-12)18(20)17-8-4-6-13-5-2-3-7-16(13)17/h2-11H,1H3. The lowest BCUT2D eigenvalue weighted by Crippen LogP contribution is -2.02. The van der Waals surface area contributed by atoms with Crippen LogP contribution in [0.5, 0.6) is 0 Å². The summed E-state index contributed by atoms with van der Waals surface area (Å²) < 4.78 is 0. The first-order chi connectivity index (χ1) is 9.65. The molecule has 0 aliphatic carbocycles. The molecular weight excluding hydrogens is 268 g/mol. The molecule has 3 aromatic rings. The SMILES string of the molecule is Cc1cc(Cl)cc(C(=O)c2cccc3ccccc23)c1. The molecule has 0 unspecified atom stereocenters. The van der Waals surface area contributed by atoms with Crippen LogP contribution in [0.1, 0.15) is 21.5 Å². The molecule has 1 nitrogen and oxygen atoms in total. The second-order valence-corrected chi connectivity index (χ2v) is 5.31. The molecule has 0 heterocycles. The van der Waals surface area contributed by atoms with Gasteiger partial charge in [0.25, 0.3) is 0 Å². The highest BCUT2D eigenvalue weighted by atomic mass is 35.5. The van der Waals surface area contributed by atoms with Gasteiger partial charge >= 0.3 is 0 Å². The fraction of sp³-hybridized carbons (Fsp3) is 0.0556. The van der Waals surface area contributed by atoms with E-state index in [1.54, 1.807) is 6.07 Å². The predicted molar refractivity (Wildman–Crippen MR) is 83.6 cm³/mol. The average molecular weight is 281 g/mol. The van der Waals surface area contributed by atoms with E-state index in [1.165, 1.54) is 0 Å². The van der Waals surface area contributed by atoms with E-state index in [0.29, 0.717) is 16.1 Å². The van der Waals surface area contributed by atoms with Gasteiger partial charge in [-0.2, -0.15) is 0 Å². The van der Waals surface area contributed by atoms with Crippen LogP contribution in [0.4, 0.5) is 0 Å². The Morgan fingerprint density at radius 1 is 0.950 bits per heavy atom. The predicted octanol–water partition coefficient (Wildman–Crippen LogP) is 5.03. The summed E-state index contributed by atoms with van der Waals surface area (Å²) >= 11 is 6.05. The molecule has 0 aromatic heterocycles. The smallest absolute Gasteiger partial charge is 0.193 e.